The second-order valence-electron chi connectivity index (χ2n) is 9.66. The average molecular weight is 579 g/mol. The minimum Gasteiger partial charge on any atom is -0.497 e. The Labute approximate surface area is 251 Å². The molecule has 4 aromatic carbocycles. The third-order valence-corrected chi connectivity index (χ3v) is 6.72. The maximum Gasteiger partial charge on any atom is 0.326 e. The molecule has 1 amide bonds. The van der Waals surface area contributed by atoms with Gasteiger partial charge in [0, 0.05) is 35.0 Å². The Bertz CT molecular complexity index is 1570. The first-order chi connectivity index (χ1) is 20.9. The maximum absolute atomic E-state index is 13.1. The van der Waals surface area contributed by atoms with Gasteiger partial charge in [-0.3, -0.25) is 9.59 Å². The van der Waals surface area contributed by atoms with Crippen molar-refractivity contribution in [3.05, 3.63) is 132 Å². The number of carbonyl (C=O) groups excluding carboxylic acids is 2. The van der Waals surface area contributed by atoms with Gasteiger partial charge in [0.15, 0.2) is 5.78 Å². The highest BCUT2D eigenvalue weighted by Crippen LogP contribution is 2.23. The summed E-state index contributed by atoms with van der Waals surface area (Å²) in [7, 11) is 1.57. The number of ketones is 1. The Hall–Kier alpha value is -5.37. The summed E-state index contributed by atoms with van der Waals surface area (Å²) >= 11 is 0. The van der Waals surface area contributed by atoms with Crippen LogP contribution in [-0.4, -0.2) is 49.1 Å². The van der Waals surface area contributed by atoms with Crippen LogP contribution in [0.15, 0.2) is 115 Å². The molecule has 8 nitrogen and oxygen atoms in total. The number of benzene rings is 4. The molecule has 0 saturated carbocycles. The highest BCUT2D eigenvalue weighted by atomic mass is 16.5. The van der Waals surface area contributed by atoms with Crippen molar-refractivity contribution in [1.29, 1.82) is 0 Å². The number of para-hydroxylation sites is 1. The third-order valence-electron chi connectivity index (χ3n) is 6.72. The summed E-state index contributed by atoms with van der Waals surface area (Å²) in [5.74, 6) is -0.161. The first-order valence-corrected chi connectivity index (χ1v) is 13.9. The van der Waals surface area contributed by atoms with Crippen LogP contribution in [-0.2, 0) is 16.0 Å². The number of methoxy groups -OCH3 is 1. The van der Waals surface area contributed by atoms with Crippen molar-refractivity contribution in [2.75, 3.05) is 30.5 Å². The van der Waals surface area contributed by atoms with Crippen molar-refractivity contribution in [2.45, 2.75) is 19.4 Å². The van der Waals surface area contributed by atoms with Crippen LogP contribution >= 0.6 is 0 Å². The van der Waals surface area contributed by atoms with Crippen LogP contribution in [0.25, 0.3) is 0 Å². The molecule has 0 aliphatic rings. The Morgan fingerprint density at radius 3 is 2.30 bits per heavy atom. The van der Waals surface area contributed by atoms with Gasteiger partial charge in [0.1, 0.15) is 24.1 Å². The van der Waals surface area contributed by atoms with E-state index in [-0.39, 0.29) is 24.7 Å². The Kier molecular flexibility index (Phi) is 10.7. The van der Waals surface area contributed by atoms with E-state index in [4.69, 9.17) is 9.47 Å². The largest absolute Gasteiger partial charge is 0.497 e. The normalized spacial score (nSPS) is 11.5. The minimum atomic E-state index is -1.04. The van der Waals surface area contributed by atoms with Crippen molar-refractivity contribution in [3.63, 3.8) is 0 Å². The number of ether oxygens (including phenoxy) is 2. The summed E-state index contributed by atoms with van der Waals surface area (Å²) in [4.78, 5) is 39.6. The molecule has 4 rings (SSSR count). The van der Waals surface area contributed by atoms with Crippen molar-refractivity contribution in [1.82, 2.24) is 0 Å². The standard InChI is InChI=1S/C35H34N2O6/c1-3-10-33(38)37(27-13-9-14-29(24-27)42-2)21-22-43-28-19-17-25(18-20-28)23-32(35(40)41)36-31-16-8-7-15-30(31)34(39)26-11-5-4-6-12-26/h3-20,24,32,36H,21-23H2,1-2H3,(H,40,41)/b10-3+/t32-/m0/s1. The molecule has 2 N–H and O–H groups in total. The zero-order chi connectivity index (χ0) is 30.6. The van der Waals surface area contributed by atoms with Gasteiger partial charge in [0.25, 0.3) is 5.91 Å². The molecular weight excluding hydrogens is 544 g/mol. The lowest BCUT2D eigenvalue weighted by Crippen LogP contribution is -2.33. The number of nitrogens with zero attached hydrogens (tertiary/aromatic N) is 1. The molecule has 0 unspecified atom stereocenters. The van der Waals surface area contributed by atoms with Gasteiger partial charge in [0.05, 0.1) is 13.7 Å². The first-order valence-electron chi connectivity index (χ1n) is 13.9. The summed E-state index contributed by atoms with van der Waals surface area (Å²) in [5.41, 5.74) is 2.86. The van der Waals surface area contributed by atoms with Crippen molar-refractivity contribution >= 4 is 29.0 Å². The van der Waals surface area contributed by atoms with E-state index in [2.05, 4.69) is 5.32 Å². The summed E-state index contributed by atoms with van der Waals surface area (Å²) in [5, 5.41) is 13.0. The Morgan fingerprint density at radius 1 is 0.884 bits per heavy atom. The molecule has 1 atom stereocenters. The van der Waals surface area contributed by atoms with E-state index >= 15 is 0 Å². The van der Waals surface area contributed by atoms with Gasteiger partial charge < -0.3 is 24.8 Å². The topological polar surface area (TPSA) is 105 Å². The van der Waals surface area contributed by atoms with E-state index in [9.17, 15) is 19.5 Å². The number of carboxylic acid groups (broad SMARTS) is 1. The fourth-order valence-electron chi connectivity index (χ4n) is 4.53. The SMILES string of the molecule is C/C=C/C(=O)N(CCOc1ccc(C[C@H](Nc2ccccc2C(=O)c2ccccc2)C(=O)O)cc1)c1cccc(OC)c1. The molecule has 0 aromatic heterocycles. The second-order valence-corrected chi connectivity index (χ2v) is 9.66. The van der Waals surface area contributed by atoms with Gasteiger partial charge in [0.2, 0.25) is 0 Å². The monoisotopic (exact) mass is 578 g/mol. The van der Waals surface area contributed by atoms with Gasteiger partial charge in [-0.1, -0.05) is 66.7 Å². The first kappa shape index (κ1) is 30.6. The van der Waals surface area contributed by atoms with Gasteiger partial charge in [-0.25, -0.2) is 4.79 Å². The molecule has 0 radical (unpaired) electrons. The number of hydrogen-bond acceptors (Lipinski definition) is 6. The Balaban J connectivity index is 1.40. The van der Waals surface area contributed by atoms with Crippen LogP contribution in [0, 0.1) is 0 Å². The number of allylic oxidation sites excluding steroid dienone is 1. The molecule has 220 valence electrons. The number of carboxylic acids is 1. The third kappa shape index (κ3) is 8.33. The second kappa shape index (κ2) is 15.0. The predicted octanol–water partition coefficient (Wildman–Crippen LogP) is 6.02. The van der Waals surface area contributed by atoms with Gasteiger partial charge in [-0.05, 0) is 55.0 Å². The summed E-state index contributed by atoms with van der Waals surface area (Å²) in [6, 6.07) is 29.2. The van der Waals surface area contributed by atoms with Gasteiger partial charge in [-0.2, -0.15) is 0 Å². The van der Waals surface area contributed by atoms with E-state index in [1.807, 2.05) is 24.3 Å². The van der Waals surface area contributed by atoms with E-state index in [1.54, 1.807) is 104 Å². The van der Waals surface area contributed by atoms with Gasteiger partial charge >= 0.3 is 5.97 Å². The van der Waals surface area contributed by atoms with Crippen LogP contribution in [0.2, 0.25) is 0 Å². The number of nitrogens with one attached hydrogen (secondary N) is 1. The van der Waals surface area contributed by atoms with E-state index in [0.29, 0.717) is 40.5 Å². The highest BCUT2D eigenvalue weighted by Gasteiger charge is 2.21. The lowest BCUT2D eigenvalue weighted by atomic mass is 10.00. The molecule has 0 spiro atoms. The van der Waals surface area contributed by atoms with Crippen LogP contribution in [0.1, 0.15) is 28.4 Å². The molecule has 8 heteroatoms. The van der Waals surface area contributed by atoms with E-state index < -0.39 is 12.0 Å². The fraction of sp³-hybridized carbons (Fsp3) is 0.171. The van der Waals surface area contributed by atoms with Crippen molar-refractivity contribution in [3.8, 4) is 11.5 Å². The molecule has 0 fully saturated rings. The van der Waals surface area contributed by atoms with Crippen LogP contribution in [0.5, 0.6) is 11.5 Å². The van der Waals surface area contributed by atoms with Crippen LogP contribution in [0.4, 0.5) is 11.4 Å². The summed E-state index contributed by atoms with van der Waals surface area (Å²) < 4.78 is 11.2. The quantitative estimate of drug-likeness (QED) is 0.139. The molecular formula is C35H34N2O6. The highest BCUT2D eigenvalue weighted by molar-refractivity contribution is 6.12. The lowest BCUT2D eigenvalue weighted by Gasteiger charge is -2.22. The van der Waals surface area contributed by atoms with Gasteiger partial charge in [-0.15, -0.1) is 0 Å². The molecule has 0 aliphatic heterocycles. The van der Waals surface area contributed by atoms with Crippen molar-refractivity contribution in [2.24, 2.45) is 0 Å². The number of amides is 1. The zero-order valence-electron chi connectivity index (χ0n) is 24.1. The molecule has 0 bridgehead atoms. The van der Waals surface area contributed by atoms with Crippen LogP contribution < -0.4 is 19.7 Å². The number of carbonyl (C=O) groups is 3. The summed E-state index contributed by atoms with van der Waals surface area (Å²) in [6.45, 7) is 2.34. The minimum absolute atomic E-state index is 0.172. The zero-order valence-corrected chi connectivity index (χ0v) is 24.1. The molecule has 43 heavy (non-hydrogen) atoms. The molecule has 0 aliphatic carbocycles. The smallest absolute Gasteiger partial charge is 0.326 e. The van der Waals surface area contributed by atoms with Crippen molar-refractivity contribution < 1.29 is 29.0 Å². The Morgan fingerprint density at radius 2 is 1.60 bits per heavy atom. The molecule has 0 saturated heterocycles. The average Bonchev–Trinajstić information content (AvgIpc) is 3.04. The molecule has 4 aromatic rings. The lowest BCUT2D eigenvalue weighted by molar-refractivity contribution is -0.137. The number of anilines is 2. The van der Waals surface area contributed by atoms with Crippen LogP contribution in [0.3, 0.4) is 0 Å². The van der Waals surface area contributed by atoms with E-state index in [1.165, 1.54) is 6.08 Å². The number of hydrogen-bond donors (Lipinski definition) is 2. The summed E-state index contributed by atoms with van der Waals surface area (Å²) in [6.07, 6.45) is 3.37. The number of rotatable bonds is 14. The fourth-order valence-corrected chi connectivity index (χ4v) is 4.53. The predicted molar refractivity (Wildman–Crippen MR) is 167 cm³/mol. The maximum atomic E-state index is 13.1. The van der Waals surface area contributed by atoms with E-state index in [0.717, 1.165) is 5.56 Å². The molecule has 0 heterocycles. The number of aliphatic carboxylic acids is 1.